The monoisotopic (exact) mass is 315 g/mol. The molecule has 1 aromatic carbocycles. The van der Waals surface area contributed by atoms with Crippen LogP contribution in [0.25, 0.3) is 0 Å². The van der Waals surface area contributed by atoms with Crippen molar-refractivity contribution in [3.8, 4) is 0 Å². The number of hydrogen-bond acceptors (Lipinski definition) is 3. The number of aromatic amines is 1. The lowest BCUT2D eigenvalue weighted by molar-refractivity contribution is 0.0465. The highest BCUT2D eigenvalue weighted by Gasteiger charge is 2.20. The average molecular weight is 315 g/mol. The van der Waals surface area contributed by atoms with Crippen LogP contribution in [-0.2, 0) is 11.3 Å². The number of ether oxygens (including phenoxy) is 1. The third-order valence-electron chi connectivity index (χ3n) is 4.13. The van der Waals surface area contributed by atoms with Crippen LogP contribution in [0.5, 0.6) is 0 Å². The summed E-state index contributed by atoms with van der Waals surface area (Å²) in [6, 6.07) is 8.08. The molecule has 0 radical (unpaired) electrons. The van der Waals surface area contributed by atoms with Crippen LogP contribution in [0, 0.1) is 13.8 Å². The zero-order valence-electron chi connectivity index (χ0n) is 14.4. The van der Waals surface area contributed by atoms with Crippen molar-refractivity contribution in [3.05, 3.63) is 57.9 Å². The molecular weight excluding hydrogens is 290 g/mol. The van der Waals surface area contributed by atoms with Gasteiger partial charge in [-0.3, -0.25) is 0 Å². The second kappa shape index (κ2) is 7.01. The van der Waals surface area contributed by atoms with Crippen molar-refractivity contribution in [1.29, 1.82) is 0 Å². The molecule has 2 rings (SSSR count). The molecule has 0 aliphatic carbocycles. The van der Waals surface area contributed by atoms with Gasteiger partial charge in [-0.25, -0.2) is 4.79 Å². The molecule has 1 aromatic heterocycles. The Kier molecular flexibility index (Phi) is 5.26. The fraction of sp³-hybridized carbons (Fsp3) is 0.421. The Hall–Kier alpha value is -2.07. The predicted octanol–water partition coefficient (Wildman–Crippen LogP) is 4.17. The van der Waals surface area contributed by atoms with Crippen LogP contribution in [0.2, 0.25) is 0 Å². The minimum Gasteiger partial charge on any atom is -0.456 e. The van der Waals surface area contributed by atoms with E-state index >= 15 is 0 Å². The number of H-pyrrole nitrogens is 1. The van der Waals surface area contributed by atoms with E-state index in [0.717, 1.165) is 22.4 Å². The zero-order chi connectivity index (χ0) is 17.1. The molecule has 4 heteroatoms. The van der Waals surface area contributed by atoms with Crippen molar-refractivity contribution in [2.75, 3.05) is 0 Å². The highest BCUT2D eigenvalue weighted by Crippen LogP contribution is 2.25. The van der Waals surface area contributed by atoms with Crippen molar-refractivity contribution >= 4 is 5.97 Å². The predicted molar refractivity (Wildman–Crippen MR) is 90.6 cm³/mol. The van der Waals surface area contributed by atoms with Gasteiger partial charge in [-0.2, -0.15) is 0 Å². The SMILES string of the molecule is Cc1[nH]c(C(=O)OCc2ccc(C(C)C)cc2)c(C)c1[C@H](C)O. The van der Waals surface area contributed by atoms with E-state index in [0.29, 0.717) is 11.6 Å². The van der Waals surface area contributed by atoms with Crippen LogP contribution in [0.3, 0.4) is 0 Å². The minimum atomic E-state index is -0.614. The van der Waals surface area contributed by atoms with Gasteiger partial charge in [0.1, 0.15) is 12.3 Å². The van der Waals surface area contributed by atoms with Gasteiger partial charge in [-0.15, -0.1) is 0 Å². The van der Waals surface area contributed by atoms with Gasteiger partial charge >= 0.3 is 5.97 Å². The van der Waals surface area contributed by atoms with Crippen molar-refractivity contribution < 1.29 is 14.6 Å². The number of benzene rings is 1. The summed E-state index contributed by atoms with van der Waals surface area (Å²) >= 11 is 0. The van der Waals surface area contributed by atoms with Gasteiger partial charge in [0.05, 0.1) is 6.10 Å². The highest BCUT2D eigenvalue weighted by atomic mass is 16.5. The third kappa shape index (κ3) is 3.82. The summed E-state index contributed by atoms with van der Waals surface area (Å²) in [6.45, 7) is 9.87. The summed E-state index contributed by atoms with van der Waals surface area (Å²) in [7, 11) is 0. The molecule has 124 valence electrons. The molecule has 23 heavy (non-hydrogen) atoms. The molecule has 0 spiro atoms. The number of nitrogens with one attached hydrogen (secondary N) is 1. The fourth-order valence-electron chi connectivity index (χ4n) is 2.82. The molecule has 4 nitrogen and oxygen atoms in total. The van der Waals surface area contributed by atoms with Gasteiger partial charge in [-0.1, -0.05) is 38.1 Å². The molecule has 0 aliphatic heterocycles. The molecule has 0 amide bonds. The molecule has 2 N–H and O–H groups in total. The van der Waals surface area contributed by atoms with E-state index in [1.165, 1.54) is 5.56 Å². The first-order valence-electron chi connectivity index (χ1n) is 7.94. The van der Waals surface area contributed by atoms with Gasteiger partial charge in [0.2, 0.25) is 0 Å². The number of aryl methyl sites for hydroxylation is 1. The summed E-state index contributed by atoms with van der Waals surface area (Å²) in [4.78, 5) is 15.3. The maximum atomic E-state index is 12.3. The summed E-state index contributed by atoms with van der Waals surface area (Å²) < 4.78 is 5.39. The van der Waals surface area contributed by atoms with Crippen LogP contribution in [-0.4, -0.2) is 16.1 Å². The van der Waals surface area contributed by atoms with E-state index in [2.05, 4.69) is 31.0 Å². The van der Waals surface area contributed by atoms with Gasteiger partial charge in [0, 0.05) is 11.3 Å². The smallest absolute Gasteiger partial charge is 0.355 e. The Morgan fingerprint density at radius 3 is 2.26 bits per heavy atom. The molecule has 1 heterocycles. The first-order chi connectivity index (χ1) is 10.8. The van der Waals surface area contributed by atoms with E-state index in [9.17, 15) is 9.90 Å². The summed E-state index contributed by atoms with van der Waals surface area (Å²) in [6.07, 6.45) is -0.614. The lowest BCUT2D eigenvalue weighted by Gasteiger charge is -2.08. The topological polar surface area (TPSA) is 62.3 Å². The van der Waals surface area contributed by atoms with E-state index in [1.807, 2.05) is 26.0 Å². The molecule has 0 saturated heterocycles. The van der Waals surface area contributed by atoms with E-state index in [1.54, 1.807) is 6.92 Å². The molecule has 0 unspecified atom stereocenters. The number of aliphatic hydroxyl groups is 1. The normalized spacial score (nSPS) is 12.5. The minimum absolute atomic E-state index is 0.235. The molecule has 1 atom stereocenters. The number of aromatic nitrogens is 1. The standard InChI is InChI=1S/C19H25NO3/c1-11(2)16-8-6-15(7-9-16)10-23-19(22)18-12(3)17(14(5)21)13(4)20-18/h6-9,11,14,20-21H,10H2,1-5H3/t14-/m0/s1. The van der Waals surface area contributed by atoms with Crippen LogP contribution in [0.15, 0.2) is 24.3 Å². The Labute approximate surface area is 137 Å². The zero-order valence-corrected chi connectivity index (χ0v) is 14.4. The Balaban J connectivity index is 2.07. The number of esters is 1. The van der Waals surface area contributed by atoms with Crippen molar-refractivity contribution in [2.45, 2.75) is 53.2 Å². The van der Waals surface area contributed by atoms with E-state index < -0.39 is 12.1 Å². The highest BCUT2D eigenvalue weighted by molar-refractivity contribution is 5.89. The van der Waals surface area contributed by atoms with Crippen LogP contribution in [0.4, 0.5) is 0 Å². The van der Waals surface area contributed by atoms with Crippen molar-refractivity contribution in [2.24, 2.45) is 0 Å². The van der Waals surface area contributed by atoms with Crippen LogP contribution in [0.1, 0.15) is 71.2 Å². The molecular formula is C19H25NO3. The molecule has 0 fully saturated rings. The fourth-order valence-corrected chi connectivity index (χ4v) is 2.82. The first kappa shape index (κ1) is 17.3. The Morgan fingerprint density at radius 1 is 1.17 bits per heavy atom. The van der Waals surface area contributed by atoms with Gasteiger partial charge in [-0.05, 0) is 43.4 Å². The van der Waals surface area contributed by atoms with Gasteiger partial charge < -0.3 is 14.8 Å². The maximum absolute atomic E-state index is 12.3. The number of carbonyl (C=O) groups excluding carboxylic acids is 1. The second-order valence-corrected chi connectivity index (χ2v) is 6.31. The number of rotatable bonds is 5. The molecule has 0 saturated carbocycles. The lowest BCUT2D eigenvalue weighted by Crippen LogP contribution is -2.07. The number of hydrogen-bond donors (Lipinski definition) is 2. The first-order valence-corrected chi connectivity index (χ1v) is 7.94. The van der Waals surface area contributed by atoms with E-state index in [-0.39, 0.29) is 6.61 Å². The Bertz CT molecular complexity index is 681. The number of carbonyl (C=O) groups is 1. The summed E-state index contributed by atoms with van der Waals surface area (Å²) in [5, 5.41) is 9.79. The van der Waals surface area contributed by atoms with Gasteiger partial charge in [0.15, 0.2) is 0 Å². The van der Waals surface area contributed by atoms with Crippen molar-refractivity contribution in [3.63, 3.8) is 0 Å². The van der Waals surface area contributed by atoms with Crippen LogP contribution >= 0.6 is 0 Å². The number of aliphatic hydroxyl groups excluding tert-OH is 1. The maximum Gasteiger partial charge on any atom is 0.355 e. The quantitative estimate of drug-likeness (QED) is 0.814. The second-order valence-electron chi connectivity index (χ2n) is 6.31. The van der Waals surface area contributed by atoms with Crippen molar-refractivity contribution in [1.82, 2.24) is 4.98 Å². The van der Waals surface area contributed by atoms with Crippen LogP contribution < -0.4 is 0 Å². The summed E-state index contributed by atoms with van der Waals surface area (Å²) in [5.74, 6) is 0.0838. The molecule has 0 bridgehead atoms. The third-order valence-corrected chi connectivity index (χ3v) is 4.13. The largest absolute Gasteiger partial charge is 0.456 e. The molecule has 0 aliphatic rings. The Morgan fingerprint density at radius 2 is 1.78 bits per heavy atom. The molecule has 2 aromatic rings. The van der Waals surface area contributed by atoms with Gasteiger partial charge in [0.25, 0.3) is 0 Å². The average Bonchev–Trinajstić information content (AvgIpc) is 2.80. The summed E-state index contributed by atoms with van der Waals surface area (Å²) in [5.41, 5.74) is 4.94. The van der Waals surface area contributed by atoms with E-state index in [4.69, 9.17) is 4.74 Å². The lowest BCUT2D eigenvalue weighted by atomic mass is 10.0.